The second-order valence-corrected chi connectivity index (χ2v) is 7.10. The lowest BCUT2D eigenvalue weighted by Gasteiger charge is -2.34. The molecule has 1 aromatic heterocycles. The van der Waals surface area contributed by atoms with Gasteiger partial charge in [-0.15, -0.1) is 24.0 Å². The van der Waals surface area contributed by atoms with E-state index in [1.54, 1.807) is 7.05 Å². The smallest absolute Gasteiger partial charge is 0.220 e. The topological polar surface area (TPSA) is 74.5 Å². The van der Waals surface area contributed by atoms with E-state index in [9.17, 15) is 4.79 Å². The van der Waals surface area contributed by atoms with Gasteiger partial charge in [-0.25, -0.2) is 4.98 Å². The first kappa shape index (κ1) is 22.7. The molecular formula is C18H33IN6O. The molecule has 2 rings (SSSR count). The van der Waals surface area contributed by atoms with Crippen molar-refractivity contribution in [2.24, 2.45) is 16.8 Å². The molecule has 1 aromatic rings. The fourth-order valence-electron chi connectivity index (χ4n) is 3.27. The SMILES string of the molecule is CN=C(NCc1nccn1CC(C)C)N1CCC(CC(=O)NC)CC1.I. The number of likely N-dealkylation sites (tertiary alicyclic amines) is 1. The number of halogens is 1. The summed E-state index contributed by atoms with van der Waals surface area (Å²) < 4.78 is 2.19. The maximum atomic E-state index is 11.5. The van der Waals surface area contributed by atoms with Crippen LogP contribution in [0.5, 0.6) is 0 Å². The number of imidazole rings is 1. The number of amides is 1. The number of carbonyl (C=O) groups excluding carboxylic acids is 1. The van der Waals surface area contributed by atoms with Crippen LogP contribution >= 0.6 is 24.0 Å². The average Bonchev–Trinajstić information content (AvgIpc) is 3.03. The van der Waals surface area contributed by atoms with Crippen molar-refractivity contribution in [3.8, 4) is 0 Å². The Morgan fingerprint density at radius 3 is 2.65 bits per heavy atom. The van der Waals surface area contributed by atoms with Gasteiger partial charge in [0, 0.05) is 52.5 Å². The van der Waals surface area contributed by atoms with Crippen LogP contribution in [-0.4, -0.2) is 53.5 Å². The molecule has 8 heteroatoms. The molecule has 0 saturated carbocycles. The summed E-state index contributed by atoms with van der Waals surface area (Å²) in [6.07, 6.45) is 6.56. The Kier molecular flexibility index (Phi) is 9.97. The van der Waals surface area contributed by atoms with Crippen LogP contribution < -0.4 is 10.6 Å². The Morgan fingerprint density at radius 1 is 1.38 bits per heavy atom. The molecule has 148 valence electrons. The van der Waals surface area contributed by atoms with E-state index >= 15 is 0 Å². The van der Waals surface area contributed by atoms with Crippen molar-refractivity contribution in [1.29, 1.82) is 0 Å². The molecule has 0 spiro atoms. The van der Waals surface area contributed by atoms with E-state index in [0.29, 0.717) is 24.8 Å². The summed E-state index contributed by atoms with van der Waals surface area (Å²) in [7, 11) is 3.52. The minimum atomic E-state index is 0. The fraction of sp³-hybridized carbons (Fsp3) is 0.722. The van der Waals surface area contributed by atoms with E-state index in [1.807, 2.05) is 19.4 Å². The number of nitrogens with one attached hydrogen (secondary N) is 2. The van der Waals surface area contributed by atoms with E-state index in [1.165, 1.54) is 0 Å². The largest absolute Gasteiger partial charge is 0.359 e. The van der Waals surface area contributed by atoms with E-state index in [-0.39, 0.29) is 29.9 Å². The molecule has 0 radical (unpaired) electrons. The molecular weight excluding hydrogens is 443 g/mol. The number of hydrogen-bond donors (Lipinski definition) is 2. The van der Waals surface area contributed by atoms with Crippen molar-refractivity contribution in [2.75, 3.05) is 27.2 Å². The number of carbonyl (C=O) groups is 1. The van der Waals surface area contributed by atoms with Gasteiger partial charge in [0.2, 0.25) is 5.91 Å². The second-order valence-electron chi connectivity index (χ2n) is 7.10. The van der Waals surface area contributed by atoms with Crippen LogP contribution in [0.25, 0.3) is 0 Å². The second kappa shape index (κ2) is 11.4. The lowest BCUT2D eigenvalue weighted by atomic mass is 9.93. The summed E-state index contributed by atoms with van der Waals surface area (Å²) in [6, 6.07) is 0. The van der Waals surface area contributed by atoms with Crippen LogP contribution in [-0.2, 0) is 17.9 Å². The van der Waals surface area contributed by atoms with Crippen LogP contribution in [0, 0.1) is 11.8 Å². The number of nitrogens with zero attached hydrogens (tertiary/aromatic N) is 4. The Hall–Kier alpha value is -1.32. The molecule has 2 N–H and O–H groups in total. The highest BCUT2D eigenvalue weighted by atomic mass is 127. The molecule has 1 aliphatic heterocycles. The van der Waals surface area contributed by atoms with E-state index in [2.05, 4.69) is 43.9 Å². The molecule has 0 atom stereocenters. The van der Waals surface area contributed by atoms with Crippen LogP contribution in [0.4, 0.5) is 0 Å². The van der Waals surface area contributed by atoms with Gasteiger partial charge >= 0.3 is 0 Å². The molecule has 2 heterocycles. The van der Waals surface area contributed by atoms with Crippen molar-refractivity contribution < 1.29 is 4.79 Å². The minimum Gasteiger partial charge on any atom is -0.359 e. The normalized spacial score (nSPS) is 15.7. The summed E-state index contributed by atoms with van der Waals surface area (Å²) in [5.74, 6) is 3.14. The lowest BCUT2D eigenvalue weighted by Crippen LogP contribution is -2.46. The van der Waals surface area contributed by atoms with Crippen LogP contribution in [0.1, 0.15) is 38.9 Å². The van der Waals surface area contributed by atoms with Crippen molar-refractivity contribution in [3.05, 3.63) is 18.2 Å². The Bertz CT molecular complexity index is 578. The van der Waals surface area contributed by atoms with Gasteiger partial charge in [0.25, 0.3) is 0 Å². The van der Waals surface area contributed by atoms with Crippen molar-refractivity contribution in [2.45, 2.75) is 46.2 Å². The highest BCUT2D eigenvalue weighted by Crippen LogP contribution is 2.20. The summed E-state index contributed by atoms with van der Waals surface area (Å²) in [4.78, 5) is 22.7. The molecule has 1 fully saturated rings. The number of rotatable bonds is 6. The standard InChI is InChI=1S/C18H32N6O.HI/c1-14(2)13-24-10-7-21-16(24)12-22-18(20-4)23-8-5-15(6-9-23)11-17(25)19-3;/h7,10,14-15H,5-6,8-9,11-13H2,1-4H3,(H,19,25)(H,20,22);1H. The van der Waals surface area contributed by atoms with Gasteiger partial charge in [0.15, 0.2) is 5.96 Å². The fourth-order valence-corrected chi connectivity index (χ4v) is 3.27. The summed E-state index contributed by atoms with van der Waals surface area (Å²) >= 11 is 0. The van der Waals surface area contributed by atoms with E-state index in [4.69, 9.17) is 0 Å². The highest BCUT2D eigenvalue weighted by molar-refractivity contribution is 14.0. The molecule has 0 bridgehead atoms. The average molecular weight is 476 g/mol. The maximum absolute atomic E-state index is 11.5. The molecule has 0 aliphatic carbocycles. The van der Waals surface area contributed by atoms with Gasteiger partial charge < -0.3 is 20.1 Å². The first-order valence-corrected chi connectivity index (χ1v) is 9.19. The number of guanidine groups is 1. The number of hydrogen-bond acceptors (Lipinski definition) is 3. The third kappa shape index (κ3) is 6.77. The van der Waals surface area contributed by atoms with Gasteiger partial charge in [0.05, 0.1) is 6.54 Å². The van der Waals surface area contributed by atoms with Crippen LogP contribution in [0.3, 0.4) is 0 Å². The Morgan fingerprint density at radius 2 is 2.08 bits per heavy atom. The molecule has 0 unspecified atom stereocenters. The zero-order valence-corrected chi connectivity index (χ0v) is 18.7. The third-order valence-corrected chi connectivity index (χ3v) is 4.65. The predicted molar refractivity (Wildman–Crippen MR) is 116 cm³/mol. The quantitative estimate of drug-likeness (QED) is 0.375. The number of piperidine rings is 1. The summed E-state index contributed by atoms with van der Waals surface area (Å²) in [6.45, 7) is 7.92. The van der Waals surface area contributed by atoms with Gasteiger partial charge in [0.1, 0.15) is 5.82 Å². The first-order chi connectivity index (χ1) is 12.0. The van der Waals surface area contributed by atoms with Gasteiger partial charge in [-0.3, -0.25) is 9.79 Å². The van der Waals surface area contributed by atoms with Gasteiger partial charge in [-0.05, 0) is 24.7 Å². The zero-order valence-electron chi connectivity index (χ0n) is 16.4. The lowest BCUT2D eigenvalue weighted by molar-refractivity contribution is -0.121. The molecule has 1 amide bonds. The predicted octanol–water partition coefficient (Wildman–Crippen LogP) is 2.08. The third-order valence-electron chi connectivity index (χ3n) is 4.65. The monoisotopic (exact) mass is 476 g/mol. The Balaban J connectivity index is 0.00000338. The van der Waals surface area contributed by atoms with Crippen molar-refractivity contribution in [3.63, 3.8) is 0 Å². The molecule has 26 heavy (non-hydrogen) atoms. The van der Waals surface area contributed by atoms with Gasteiger partial charge in [-0.2, -0.15) is 0 Å². The first-order valence-electron chi connectivity index (χ1n) is 9.19. The molecule has 1 aliphatic rings. The molecule has 7 nitrogen and oxygen atoms in total. The van der Waals surface area contributed by atoms with Crippen molar-refractivity contribution in [1.82, 2.24) is 25.1 Å². The van der Waals surface area contributed by atoms with E-state index < -0.39 is 0 Å². The Labute approximate surface area is 174 Å². The van der Waals surface area contributed by atoms with Crippen molar-refractivity contribution >= 4 is 35.8 Å². The van der Waals surface area contributed by atoms with E-state index in [0.717, 1.165) is 44.3 Å². The van der Waals surface area contributed by atoms with Gasteiger partial charge in [-0.1, -0.05) is 13.8 Å². The molecule has 1 saturated heterocycles. The van der Waals surface area contributed by atoms with Crippen LogP contribution in [0.15, 0.2) is 17.4 Å². The summed E-state index contributed by atoms with van der Waals surface area (Å²) in [5, 5.41) is 6.15. The maximum Gasteiger partial charge on any atom is 0.220 e. The number of aliphatic imine (C=N–C) groups is 1. The molecule has 0 aromatic carbocycles. The number of aromatic nitrogens is 2. The zero-order chi connectivity index (χ0) is 18.2. The summed E-state index contributed by atoms with van der Waals surface area (Å²) in [5.41, 5.74) is 0. The minimum absolute atomic E-state index is 0. The highest BCUT2D eigenvalue weighted by Gasteiger charge is 2.23. The van der Waals surface area contributed by atoms with Crippen LogP contribution in [0.2, 0.25) is 0 Å².